The lowest BCUT2D eigenvalue weighted by Gasteiger charge is -2.30. The SMILES string of the molecule is CC1OCCC1(C)Nc1ccncc1. The van der Waals surface area contributed by atoms with Crippen LogP contribution in [0.15, 0.2) is 24.5 Å². The lowest BCUT2D eigenvalue weighted by Crippen LogP contribution is -2.41. The summed E-state index contributed by atoms with van der Waals surface area (Å²) in [6, 6.07) is 3.96. The monoisotopic (exact) mass is 192 g/mol. The molecule has 1 fully saturated rings. The second-order valence-electron chi connectivity index (χ2n) is 4.04. The maximum absolute atomic E-state index is 5.56. The second kappa shape index (κ2) is 3.58. The summed E-state index contributed by atoms with van der Waals surface area (Å²) < 4.78 is 5.56. The van der Waals surface area contributed by atoms with Crippen molar-refractivity contribution in [3.05, 3.63) is 24.5 Å². The van der Waals surface area contributed by atoms with Crippen LogP contribution in [-0.4, -0.2) is 23.2 Å². The molecular weight excluding hydrogens is 176 g/mol. The maximum Gasteiger partial charge on any atom is 0.0774 e. The van der Waals surface area contributed by atoms with Gasteiger partial charge in [-0.15, -0.1) is 0 Å². The van der Waals surface area contributed by atoms with Gasteiger partial charge in [0.05, 0.1) is 11.6 Å². The number of pyridine rings is 1. The third-order valence-corrected chi connectivity index (χ3v) is 3.00. The highest BCUT2D eigenvalue weighted by molar-refractivity contribution is 5.44. The molecule has 0 aromatic carbocycles. The number of nitrogens with zero attached hydrogens (tertiary/aromatic N) is 1. The van der Waals surface area contributed by atoms with Gasteiger partial charge in [0.15, 0.2) is 0 Å². The van der Waals surface area contributed by atoms with Crippen LogP contribution < -0.4 is 5.32 Å². The number of hydrogen-bond donors (Lipinski definition) is 1. The molecule has 0 spiro atoms. The Morgan fingerprint density at radius 2 is 2.21 bits per heavy atom. The van der Waals surface area contributed by atoms with Gasteiger partial charge in [-0.25, -0.2) is 0 Å². The number of anilines is 1. The summed E-state index contributed by atoms with van der Waals surface area (Å²) >= 11 is 0. The molecule has 2 atom stereocenters. The van der Waals surface area contributed by atoms with Crippen LogP contribution in [0.5, 0.6) is 0 Å². The lowest BCUT2D eigenvalue weighted by molar-refractivity contribution is 0.105. The molecular formula is C11H16N2O. The predicted octanol–water partition coefficient (Wildman–Crippen LogP) is 2.06. The minimum atomic E-state index is 0.0569. The third-order valence-electron chi connectivity index (χ3n) is 3.00. The zero-order chi connectivity index (χ0) is 10.0. The first-order valence-electron chi connectivity index (χ1n) is 5.00. The molecule has 1 saturated heterocycles. The van der Waals surface area contributed by atoms with Gasteiger partial charge < -0.3 is 10.1 Å². The van der Waals surface area contributed by atoms with Crippen molar-refractivity contribution < 1.29 is 4.74 Å². The highest BCUT2D eigenvalue weighted by atomic mass is 16.5. The molecule has 3 nitrogen and oxygen atoms in total. The average Bonchev–Trinajstić information content (AvgIpc) is 2.48. The molecule has 0 radical (unpaired) electrons. The molecule has 1 aliphatic heterocycles. The van der Waals surface area contributed by atoms with Crippen molar-refractivity contribution in [2.45, 2.75) is 31.9 Å². The molecule has 0 saturated carbocycles. The van der Waals surface area contributed by atoms with E-state index in [1.807, 2.05) is 12.1 Å². The number of rotatable bonds is 2. The Bertz CT molecular complexity index is 301. The van der Waals surface area contributed by atoms with E-state index in [4.69, 9.17) is 4.74 Å². The molecule has 1 N–H and O–H groups in total. The van der Waals surface area contributed by atoms with Gasteiger partial charge in [-0.3, -0.25) is 4.98 Å². The normalized spacial score (nSPS) is 31.7. The molecule has 0 aliphatic carbocycles. The Morgan fingerprint density at radius 1 is 1.50 bits per heavy atom. The molecule has 1 aromatic heterocycles. The highest BCUT2D eigenvalue weighted by Gasteiger charge is 2.36. The zero-order valence-electron chi connectivity index (χ0n) is 8.66. The van der Waals surface area contributed by atoms with E-state index >= 15 is 0 Å². The van der Waals surface area contributed by atoms with Crippen molar-refractivity contribution in [1.29, 1.82) is 0 Å². The Kier molecular flexibility index (Phi) is 2.42. The van der Waals surface area contributed by atoms with E-state index in [2.05, 4.69) is 24.1 Å². The van der Waals surface area contributed by atoms with Crippen molar-refractivity contribution in [3.8, 4) is 0 Å². The molecule has 1 aromatic rings. The van der Waals surface area contributed by atoms with Gasteiger partial charge in [-0.05, 0) is 32.4 Å². The van der Waals surface area contributed by atoms with E-state index in [1.165, 1.54) is 0 Å². The quantitative estimate of drug-likeness (QED) is 0.778. The number of ether oxygens (including phenoxy) is 1. The second-order valence-corrected chi connectivity index (χ2v) is 4.04. The van der Waals surface area contributed by atoms with Gasteiger partial charge in [0.1, 0.15) is 0 Å². The summed E-state index contributed by atoms with van der Waals surface area (Å²) in [5.41, 5.74) is 1.17. The molecule has 2 rings (SSSR count). The van der Waals surface area contributed by atoms with Gasteiger partial charge in [0.25, 0.3) is 0 Å². The summed E-state index contributed by atoms with van der Waals surface area (Å²) in [5.74, 6) is 0. The summed E-state index contributed by atoms with van der Waals surface area (Å²) in [4.78, 5) is 3.99. The molecule has 14 heavy (non-hydrogen) atoms. The van der Waals surface area contributed by atoms with Crippen LogP contribution in [0.25, 0.3) is 0 Å². The van der Waals surface area contributed by atoms with Gasteiger partial charge >= 0.3 is 0 Å². The van der Waals surface area contributed by atoms with Crippen LogP contribution in [-0.2, 0) is 4.74 Å². The molecule has 3 heteroatoms. The summed E-state index contributed by atoms with van der Waals surface area (Å²) in [6.45, 7) is 5.15. The third kappa shape index (κ3) is 1.73. The van der Waals surface area contributed by atoms with E-state index in [0.29, 0.717) is 0 Å². The Balaban J connectivity index is 2.10. The number of nitrogens with one attached hydrogen (secondary N) is 1. The average molecular weight is 192 g/mol. The van der Waals surface area contributed by atoms with Crippen LogP contribution in [0.3, 0.4) is 0 Å². The predicted molar refractivity (Wildman–Crippen MR) is 56.3 cm³/mol. The molecule has 1 aliphatic rings. The van der Waals surface area contributed by atoms with E-state index in [9.17, 15) is 0 Å². The van der Waals surface area contributed by atoms with Gasteiger partial charge in [0, 0.05) is 24.7 Å². The van der Waals surface area contributed by atoms with Gasteiger partial charge in [-0.1, -0.05) is 0 Å². The molecule has 2 heterocycles. The van der Waals surface area contributed by atoms with E-state index in [-0.39, 0.29) is 11.6 Å². The van der Waals surface area contributed by atoms with E-state index < -0.39 is 0 Å². The molecule has 76 valence electrons. The first-order valence-corrected chi connectivity index (χ1v) is 5.00. The summed E-state index contributed by atoms with van der Waals surface area (Å²) in [6.07, 6.45) is 4.91. The Morgan fingerprint density at radius 3 is 2.79 bits per heavy atom. The minimum absolute atomic E-state index is 0.0569. The fourth-order valence-corrected chi connectivity index (χ4v) is 1.76. The van der Waals surface area contributed by atoms with Crippen molar-refractivity contribution in [2.24, 2.45) is 0 Å². The summed E-state index contributed by atoms with van der Waals surface area (Å²) in [5, 5.41) is 3.50. The Labute approximate surface area is 84.5 Å². The van der Waals surface area contributed by atoms with Crippen LogP contribution in [0, 0.1) is 0 Å². The molecule has 0 bridgehead atoms. The van der Waals surface area contributed by atoms with Crippen molar-refractivity contribution in [3.63, 3.8) is 0 Å². The van der Waals surface area contributed by atoms with Crippen LogP contribution in [0.2, 0.25) is 0 Å². The zero-order valence-corrected chi connectivity index (χ0v) is 8.66. The fraction of sp³-hybridized carbons (Fsp3) is 0.545. The van der Waals surface area contributed by atoms with Crippen molar-refractivity contribution in [1.82, 2.24) is 4.98 Å². The topological polar surface area (TPSA) is 34.1 Å². The van der Waals surface area contributed by atoms with Gasteiger partial charge in [-0.2, -0.15) is 0 Å². The van der Waals surface area contributed by atoms with Crippen LogP contribution in [0.4, 0.5) is 5.69 Å². The number of hydrogen-bond acceptors (Lipinski definition) is 3. The Hall–Kier alpha value is -1.09. The maximum atomic E-state index is 5.56. The number of aromatic nitrogens is 1. The molecule has 0 amide bonds. The van der Waals surface area contributed by atoms with Crippen molar-refractivity contribution >= 4 is 5.69 Å². The lowest BCUT2D eigenvalue weighted by atomic mass is 9.94. The van der Waals surface area contributed by atoms with Crippen LogP contribution in [0.1, 0.15) is 20.3 Å². The first kappa shape index (κ1) is 9.46. The standard InChI is InChI=1S/C11H16N2O/c1-9-11(2,5-8-14-9)13-10-3-6-12-7-4-10/h3-4,6-7,9H,5,8H2,1-2H3,(H,12,13). The van der Waals surface area contributed by atoms with E-state index in [0.717, 1.165) is 18.7 Å². The largest absolute Gasteiger partial charge is 0.377 e. The smallest absolute Gasteiger partial charge is 0.0774 e. The van der Waals surface area contributed by atoms with Crippen LogP contribution >= 0.6 is 0 Å². The minimum Gasteiger partial charge on any atom is -0.377 e. The summed E-state index contributed by atoms with van der Waals surface area (Å²) in [7, 11) is 0. The highest BCUT2D eigenvalue weighted by Crippen LogP contribution is 2.28. The first-order chi connectivity index (χ1) is 6.71. The van der Waals surface area contributed by atoms with Gasteiger partial charge in [0.2, 0.25) is 0 Å². The molecule has 2 unspecified atom stereocenters. The van der Waals surface area contributed by atoms with Crippen molar-refractivity contribution in [2.75, 3.05) is 11.9 Å². The fourth-order valence-electron chi connectivity index (χ4n) is 1.76. The van der Waals surface area contributed by atoms with E-state index in [1.54, 1.807) is 12.4 Å².